The first-order valence-electron chi connectivity index (χ1n) is 7.16. The van der Waals surface area contributed by atoms with Gasteiger partial charge in [0.15, 0.2) is 6.61 Å². The lowest BCUT2D eigenvalue weighted by molar-refractivity contribution is -0.139. The first-order chi connectivity index (χ1) is 10.1. The summed E-state index contributed by atoms with van der Waals surface area (Å²) < 4.78 is 10.0. The van der Waals surface area contributed by atoms with E-state index in [4.69, 9.17) is 4.74 Å². The van der Waals surface area contributed by atoms with E-state index >= 15 is 0 Å². The molecule has 0 saturated heterocycles. The maximum Gasteiger partial charge on any atom is 0.309 e. The van der Waals surface area contributed by atoms with Gasteiger partial charge in [0.25, 0.3) is 5.91 Å². The maximum absolute atomic E-state index is 11.7. The third kappa shape index (κ3) is 5.10. The van der Waals surface area contributed by atoms with Gasteiger partial charge < -0.3 is 14.8 Å². The quantitative estimate of drug-likeness (QED) is 0.777. The van der Waals surface area contributed by atoms with E-state index in [-0.39, 0.29) is 30.9 Å². The molecule has 1 aliphatic rings. The summed E-state index contributed by atoms with van der Waals surface area (Å²) in [7, 11) is 1.36. The minimum atomic E-state index is -0.280. The molecule has 0 heterocycles. The fraction of sp³-hybridized carbons (Fsp3) is 0.500. The number of carbonyl (C=O) groups excluding carboxylic acids is 2. The van der Waals surface area contributed by atoms with Crippen LogP contribution in [-0.2, 0) is 20.7 Å². The van der Waals surface area contributed by atoms with Gasteiger partial charge in [-0.15, -0.1) is 0 Å². The lowest BCUT2D eigenvalue weighted by atomic mass is 10.1. The summed E-state index contributed by atoms with van der Waals surface area (Å²) in [6.45, 7) is 2.03. The highest BCUT2D eigenvalue weighted by atomic mass is 16.5. The molecule has 1 saturated carbocycles. The van der Waals surface area contributed by atoms with Crippen molar-refractivity contribution in [1.29, 1.82) is 0 Å². The minimum absolute atomic E-state index is 0.00735. The minimum Gasteiger partial charge on any atom is -0.484 e. The third-order valence-corrected chi connectivity index (χ3v) is 3.59. The normalized spacial score (nSPS) is 15.1. The fourth-order valence-corrected chi connectivity index (χ4v) is 2.10. The van der Waals surface area contributed by atoms with Crippen LogP contribution in [-0.4, -0.2) is 31.6 Å². The van der Waals surface area contributed by atoms with E-state index in [1.807, 2.05) is 6.92 Å². The summed E-state index contributed by atoms with van der Waals surface area (Å²) >= 11 is 0. The summed E-state index contributed by atoms with van der Waals surface area (Å²) in [5.41, 5.74) is 0.848. The Balaban J connectivity index is 1.74. The van der Waals surface area contributed by atoms with E-state index in [1.54, 1.807) is 24.3 Å². The first-order valence-corrected chi connectivity index (χ1v) is 7.16. The molecule has 1 amide bonds. The van der Waals surface area contributed by atoms with Crippen molar-refractivity contribution in [3.8, 4) is 5.75 Å². The SMILES string of the molecule is COC(=O)Cc1ccc(OCC(=O)NC(C)C2CC2)cc1. The van der Waals surface area contributed by atoms with E-state index in [0.717, 1.165) is 5.56 Å². The molecule has 114 valence electrons. The zero-order valence-corrected chi connectivity index (χ0v) is 12.4. The number of amides is 1. The van der Waals surface area contributed by atoms with Crippen molar-refractivity contribution in [2.75, 3.05) is 13.7 Å². The van der Waals surface area contributed by atoms with Crippen LogP contribution in [0, 0.1) is 5.92 Å². The van der Waals surface area contributed by atoms with Gasteiger partial charge >= 0.3 is 5.97 Å². The van der Waals surface area contributed by atoms with Gasteiger partial charge in [-0.1, -0.05) is 12.1 Å². The molecule has 0 radical (unpaired) electrons. The molecule has 0 aromatic heterocycles. The van der Waals surface area contributed by atoms with Crippen molar-refractivity contribution < 1.29 is 19.1 Å². The van der Waals surface area contributed by atoms with Crippen LogP contribution in [0.5, 0.6) is 5.75 Å². The van der Waals surface area contributed by atoms with Gasteiger partial charge in [-0.05, 0) is 43.4 Å². The lowest BCUT2D eigenvalue weighted by Crippen LogP contribution is -2.37. The monoisotopic (exact) mass is 291 g/mol. The number of carbonyl (C=O) groups is 2. The van der Waals surface area contributed by atoms with Crippen LogP contribution < -0.4 is 10.1 Å². The molecule has 1 atom stereocenters. The van der Waals surface area contributed by atoms with Crippen molar-refractivity contribution in [2.45, 2.75) is 32.2 Å². The molecule has 1 N–H and O–H groups in total. The smallest absolute Gasteiger partial charge is 0.309 e. The standard InChI is InChI=1S/C16H21NO4/c1-11(13-5-6-13)17-15(18)10-21-14-7-3-12(4-8-14)9-16(19)20-2/h3-4,7-8,11,13H,5-6,9-10H2,1-2H3,(H,17,18). The summed E-state index contributed by atoms with van der Waals surface area (Å²) in [5, 5.41) is 2.93. The molecule has 1 unspecified atom stereocenters. The van der Waals surface area contributed by atoms with E-state index in [2.05, 4.69) is 10.1 Å². The third-order valence-electron chi connectivity index (χ3n) is 3.59. The van der Waals surface area contributed by atoms with E-state index in [9.17, 15) is 9.59 Å². The van der Waals surface area contributed by atoms with Gasteiger partial charge in [0.2, 0.25) is 0 Å². The zero-order chi connectivity index (χ0) is 15.2. The maximum atomic E-state index is 11.7. The van der Waals surface area contributed by atoms with Gasteiger partial charge in [-0.3, -0.25) is 9.59 Å². The van der Waals surface area contributed by atoms with E-state index in [0.29, 0.717) is 11.7 Å². The Kier molecular flexibility index (Phi) is 5.20. The van der Waals surface area contributed by atoms with Crippen LogP contribution in [0.3, 0.4) is 0 Å². The molecule has 5 nitrogen and oxygen atoms in total. The number of hydrogen-bond donors (Lipinski definition) is 1. The van der Waals surface area contributed by atoms with Crippen LogP contribution in [0.15, 0.2) is 24.3 Å². The summed E-state index contributed by atoms with van der Waals surface area (Å²) in [5.74, 6) is 0.856. The van der Waals surface area contributed by atoms with Crippen LogP contribution in [0.2, 0.25) is 0 Å². The molecule has 1 aliphatic carbocycles. The van der Waals surface area contributed by atoms with Crippen LogP contribution >= 0.6 is 0 Å². The molecule has 1 aromatic rings. The zero-order valence-electron chi connectivity index (χ0n) is 12.4. The average molecular weight is 291 g/mol. The highest BCUT2D eigenvalue weighted by Gasteiger charge is 2.28. The number of esters is 1. The van der Waals surface area contributed by atoms with Gasteiger partial charge in [0, 0.05) is 6.04 Å². The molecule has 0 spiro atoms. The molecule has 1 fully saturated rings. The first kappa shape index (κ1) is 15.4. The van der Waals surface area contributed by atoms with Gasteiger partial charge in [-0.2, -0.15) is 0 Å². The predicted octanol–water partition coefficient (Wildman–Crippen LogP) is 1.70. The molecule has 1 aromatic carbocycles. The van der Waals surface area contributed by atoms with Crippen molar-refractivity contribution in [3.63, 3.8) is 0 Å². The highest BCUT2D eigenvalue weighted by Crippen LogP contribution is 2.32. The van der Waals surface area contributed by atoms with Crippen molar-refractivity contribution in [1.82, 2.24) is 5.32 Å². The van der Waals surface area contributed by atoms with Crippen LogP contribution in [0.4, 0.5) is 0 Å². The number of rotatable bonds is 7. The number of benzene rings is 1. The fourth-order valence-electron chi connectivity index (χ4n) is 2.10. The van der Waals surface area contributed by atoms with E-state index in [1.165, 1.54) is 20.0 Å². The molecular formula is C16H21NO4. The predicted molar refractivity (Wildman–Crippen MR) is 78.0 cm³/mol. The van der Waals surface area contributed by atoms with Gasteiger partial charge in [0.1, 0.15) is 5.75 Å². The number of hydrogen-bond acceptors (Lipinski definition) is 4. The van der Waals surface area contributed by atoms with Gasteiger partial charge in [-0.25, -0.2) is 0 Å². The van der Waals surface area contributed by atoms with Crippen molar-refractivity contribution in [2.24, 2.45) is 5.92 Å². The molecular weight excluding hydrogens is 270 g/mol. The Morgan fingerprint density at radius 2 is 1.95 bits per heavy atom. The molecule has 21 heavy (non-hydrogen) atoms. The molecule has 2 rings (SSSR count). The van der Waals surface area contributed by atoms with Crippen LogP contribution in [0.1, 0.15) is 25.3 Å². The molecule has 0 aliphatic heterocycles. The van der Waals surface area contributed by atoms with Crippen LogP contribution in [0.25, 0.3) is 0 Å². The number of nitrogens with one attached hydrogen (secondary N) is 1. The summed E-state index contributed by atoms with van der Waals surface area (Å²) in [6.07, 6.45) is 2.63. The lowest BCUT2D eigenvalue weighted by Gasteiger charge is -2.13. The Bertz CT molecular complexity index is 494. The second kappa shape index (κ2) is 7.11. The number of ether oxygens (including phenoxy) is 2. The Labute approximate surface area is 124 Å². The molecule has 5 heteroatoms. The topological polar surface area (TPSA) is 64.6 Å². The second-order valence-electron chi connectivity index (χ2n) is 5.38. The van der Waals surface area contributed by atoms with E-state index < -0.39 is 0 Å². The second-order valence-corrected chi connectivity index (χ2v) is 5.38. The van der Waals surface area contributed by atoms with Crippen molar-refractivity contribution in [3.05, 3.63) is 29.8 Å². The highest BCUT2D eigenvalue weighted by molar-refractivity contribution is 5.77. The largest absolute Gasteiger partial charge is 0.484 e. The number of methoxy groups -OCH3 is 1. The van der Waals surface area contributed by atoms with Gasteiger partial charge in [0.05, 0.1) is 13.5 Å². The Morgan fingerprint density at radius 1 is 1.29 bits per heavy atom. The van der Waals surface area contributed by atoms with Crippen molar-refractivity contribution >= 4 is 11.9 Å². The average Bonchev–Trinajstić information content (AvgIpc) is 3.31. The summed E-state index contributed by atoms with van der Waals surface area (Å²) in [4.78, 5) is 22.9. The molecule has 0 bridgehead atoms. The Hall–Kier alpha value is -2.04. The Morgan fingerprint density at radius 3 is 2.52 bits per heavy atom. The summed E-state index contributed by atoms with van der Waals surface area (Å²) in [6, 6.07) is 7.29.